The fraction of sp³-hybridized carbons (Fsp3) is 0.929. The summed E-state index contributed by atoms with van der Waals surface area (Å²) in [6.07, 6.45) is 10.2. The molecule has 0 aromatic carbocycles. The molecule has 0 heterocycles. The van der Waals surface area contributed by atoms with E-state index in [1.807, 2.05) is 13.8 Å². The van der Waals surface area contributed by atoms with E-state index < -0.39 is 22.1 Å². The monoisotopic (exact) mass is 528 g/mol. The van der Waals surface area contributed by atoms with Crippen molar-refractivity contribution >= 4 is 10.4 Å². The van der Waals surface area contributed by atoms with Crippen LogP contribution in [0, 0.1) is 52.3 Å². The molecule has 2 unspecified atom stereocenters. The minimum absolute atomic E-state index is 0.0339. The van der Waals surface area contributed by atoms with E-state index in [9.17, 15) is 23.7 Å². The van der Waals surface area contributed by atoms with Gasteiger partial charge < -0.3 is 15.3 Å². The van der Waals surface area contributed by atoms with E-state index in [1.165, 1.54) is 0 Å². The van der Waals surface area contributed by atoms with Crippen molar-refractivity contribution in [3.63, 3.8) is 0 Å². The van der Waals surface area contributed by atoms with Crippen LogP contribution < -0.4 is 0 Å². The van der Waals surface area contributed by atoms with Crippen molar-refractivity contribution < 1.29 is 32.5 Å². The summed E-state index contributed by atoms with van der Waals surface area (Å²) in [5.41, 5.74) is -1.17. The molecule has 0 bridgehead atoms. The fourth-order valence-electron chi connectivity index (χ4n) is 9.20. The van der Waals surface area contributed by atoms with Crippen LogP contribution in [0.4, 0.5) is 0 Å². The molecule has 4 N–H and O–H groups in total. The van der Waals surface area contributed by atoms with Crippen molar-refractivity contribution in [1.29, 1.82) is 0 Å². The zero-order valence-electron chi connectivity index (χ0n) is 22.6. The Morgan fingerprint density at radius 3 is 2.25 bits per heavy atom. The molecule has 0 saturated heterocycles. The van der Waals surface area contributed by atoms with Gasteiger partial charge in [0.15, 0.2) is 0 Å². The highest BCUT2D eigenvalue weighted by molar-refractivity contribution is 7.80. The van der Waals surface area contributed by atoms with Crippen LogP contribution in [0.15, 0.2) is 12.2 Å². The van der Waals surface area contributed by atoms with Gasteiger partial charge in [-0.15, -0.1) is 0 Å². The van der Waals surface area contributed by atoms with Crippen molar-refractivity contribution in [1.82, 2.24) is 0 Å². The van der Waals surface area contributed by atoms with E-state index in [2.05, 4.69) is 37.1 Å². The molecule has 4 fully saturated rings. The largest absolute Gasteiger partial charge is 0.397 e. The molecule has 12 atom stereocenters. The number of fused-ring (bicyclic) bond motifs is 5. The van der Waals surface area contributed by atoms with Crippen molar-refractivity contribution in [3.05, 3.63) is 12.2 Å². The smallest absolute Gasteiger partial charge is 0.393 e. The first-order valence-corrected chi connectivity index (χ1v) is 15.4. The Bertz CT molecular complexity index is 936. The van der Waals surface area contributed by atoms with Gasteiger partial charge >= 0.3 is 10.4 Å². The van der Waals surface area contributed by atoms with Crippen LogP contribution >= 0.6 is 0 Å². The van der Waals surface area contributed by atoms with Gasteiger partial charge in [0.1, 0.15) is 0 Å². The van der Waals surface area contributed by atoms with E-state index in [4.69, 9.17) is 4.55 Å². The second-order valence-corrected chi connectivity index (χ2v) is 14.5. The maximum atomic E-state index is 12.4. The predicted molar refractivity (Wildman–Crippen MR) is 138 cm³/mol. The molecule has 0 aromatic rings. The molecule has 0 aliphatic heterocycles. The SMILES string of the molecule is CC(/C=C/[C@@H](C)[C@H]1CC[C@@H]2[C@]1(C)CC[C@@H]1[C@@]3(C)CC[C@@H](O)C[C@@H]3C[C@@H](O)[C@]12O)C(C)COS(=O)(=O)O. The van der Waals surface area contributed by atoms with E-state index in [0.717, 1.165) is 44.9 Å². The molecule has 0 amide bonds. The van der Waals surface area contributed by atoms with Gasteiger partial charge in [-0.3, -0.25) is 4.55 Å². The lowest BCUT2D eigenvalue weighted by molar-refractivity contribution is -0.271. The van der Waals surface area contributed by atoms with E-state index in [-0.39, 0.29) is 59.0 Å². The number of hydrogen-bond donors (Lipinski definition) is 4. The number of rotatable bonds is 7. The van der Waals surface area contributed by atoms with Gasteiger partial charge in [0.2, 0.25) is 0 Å². The zero-order valence-corrected chi connectivity index (χ0v) is 23.5. The molecule has 0 aromatic heterocycles. The van der Waals surface area contributed by atoms with Crippen molar-refractivity contribution in [2.45, 2.75) is 104 Å². The molecular formula is C28H48O7S. The third-order valence-corrected chi connectivity index (χ3v) is 12.0. The average molecular weight is 529 g/mol. The molecule has 4 aliphatic rings. The molecule has 4 rings (SSSR count). The average Bonchev–Trinajstić information content (AvgIpc) is 3.15. The van der Waals surface area contributed by atoms with Crippen LogP contribution in [-0.4, -0.2) is 52.7 Å². The summed E-state index contributed by atoms with van der Waals surface area (Å²) in [7, 11) is -4.43. The maximum Gasteiger partial charge on any atom is 0.397 e. The van der Waals surface area contributed by atoms with Gasteiger partial charge in [-0.2, -0.15) is 8.42 Å². The number of aliphatic hydroxyl groups is 3. The maximum absolute atomic E-state index is 12.4. The molecule has 208 valence electrons. The molecule has 7 nitrogen and oxygen atoms in total. The predicted octanol–water partition coefficient (Wildman–Crippen LogP) is 4.38. The highest BCUT2D eigenvalue weighted by atomic mass is 32.3. The lowest BCUT2D eigenvalue weighted by atomic mass is 9.42. The molecule has 36 heavy (non-hydrogen) atoms. The molecular weight excluding hydrogens is 480 g/mol. The lowest BCUT2D eigenvalue weighted by Gasteiger charge is -2.66. The highest BCUT2D eigenvalue weighted by Gasteiger charge is 2.69. The van der Waals surface area contributed by atoms with Gasteiger partial charge in [0, 0.05) is 0 Å². The minimum Gasteiger partial charge on any atom is -0.393 e. The Labute approximate surface area is 217 Å². The Balaban J connectivity index is 1.49. The van der Waals surface area contributed by atoms with Gasteiger partial charge in [-0.1, -0.05) is 46.8 Å². The van der Waals surface area contributed by atoms with Crippen molar-refractivity contribution in [2.24, 2.45) is 52.3 Å². The number of allylic oxidation sites excluding steroid dienone is 2. The summed E-state index contributed by atoms with van der Waals surface area (Å²) in [4.78, 5) is 0. The summed E-state index contributed by atoms with van der Waals surface area (Å²) in [5, 5.41) is 34.1. The van der Waals surface area contributed by atoms with E-state index in [0.29, 0.717) is 12.3 Å². The topological polar surface area (TPSA) is 124 Å². The summed E-state index contributed by atoms with van der Waals surface area (Å²) in [6.45, 7) is 10.7. The third kappa shape index (κ3) is 4.84. The Hall–Kier alpha value is -0.510. The van der Waals surface area contributed by atoms with Gasteiger partial charge in [-0.05, 0) is 104 Å². The highest BCUT2D eigenvalue weighted by Crippen LogP contribution is 2.69. The van der Waals surface area contributed by atoms with Crippen LogP contribution in [0.25, 0.3) is 0 Å². The molecule has 8 heteroatoms. The third-order valence-electron chi connectivity index (χ3n) is 11.6. The zero-order chi connectivity index (χ0) is 26.7. The second kappa shape index (κ2) is 9.91. The first-order chi connectivity index (χ1) is 16.6. The standard InChI is InChI=1S/C28H48O7S/c1-17(19(3)16-35-36(32,33)34)6-7-18(2)22-8-9-23-27(22,5)13-11-24-26(4)12-10-21(29)14-20(26)15-25(30)28(23,24)31/h6-7,17-25,29-31H,8-16H2,1-5H3,(H,32,33,34)/b7-6+/t17?,18-,19?,20-,21-,22-,23-,24-,25-,26+,27-,28-/m1/s1. The van der Waals surface area contributed by atoms with Gasteiger partial charge in [-0.25, -0.2) is 4.18 Å². The summed E-state index contributed by atoms with van der Waals surface area (Å²) in [6, 6.07) is 0. The molecule has 0 spiro atoms. The van der Waals surface area contributed by atoms with Crippen molar-refractivity contribution in [3.8, 4) is 0 Å². The van der Waals surface area contributed by atoms with Crippen LogP contribution in [0.2, 0.25) is 0 Å². The van der Waals surface area contributed by atoms with Crippen molar-refractivity contribution in [2.75, 3.05) is 6.61 Å². The Kier molecular flexibility index (Phi) is 7.84. The van der Waals surface area contributed by atoms with Crippen LogP contribution in [0.5, 0.6) is 0 Å². The minimum atomic E-state index is -4.43. The Morgan fingerprint density at radius 1 is 0.944 bits per heavy atom. The van der Waals surface area contributed by atoms with Gasteiger partial charge in [0.05, 0.1) is 24.4 Å². The van der Waals surface area contributed by atoms with Crippen LogP contribution in [-0.2, 0) is 14.6 Å². The first kappa shape index (κ1) is 28.5. The first-order valence-electron chi connectivity index (χ1n) is 14.0. The van der Waals surface area contributed by atoms with E-state index >= 15 is 0 Å². The normalized spacial score (nSPS) is 47.6. The molecule has 0 radical (unpaired) electrons. The summed E-state index contributed by atoms with van der Waals surface area (Å²) < 4.78 is 35.2. The van der Waals surface area contributed by atoms with Crippen LogP contribution in [0.1, 0.15) is 86.0 Å². The van der Waals surface area contributed by atoms with Gasteiger partial charge in [0.25, 0.3) is 0 Å². The lowest BCUT2D eigenvalue weighted by Crippen LogP contribution is -2.69. The summed E-state index contributed by atoms with van der Waals surface area (Å²) >= 11 is 0. The van der Waals surface area contributed by atoms with Crippen LogP contribution in [0.3, 0.4) is 0 Å². The summed E-state index contributed by atoms with van der Waals surface area (Å²) in [5.74, 6) is 1.08. The van der Waals surface area contributed by atoms with E-state index in [1.54, 1.807) is 0 Å². The fourth-order valence-corrected chi connectivity index (χ4v) is 9.58. The number of aliphatic hydroxyl groups excluding tert-OH is 2. The second-order valence-electron chi connectivity index (χ2n) is 13.4. The number of hydrogen-bond acceptors (Lipinski definition) is 6. The molecule has 4 aliphatic carbocycles. The molecule has 4 saturated carbocycles. The quantitative estimate of drug-likeness (QED) is 0.286. The Morgan fingerprint density at radius 2 is 1.58 bits per heavy atom.